The third kappa shape index (κ3) is 3.60. The Morgan fingerprint density at radius 1 is 1.30 bits per heavy atom. The number of aryl methyl sites for hydroxylation is 1. The molecule has 0 aliphatic heterocycles. The van der Waals surface area contributed by atoms with Crippen LogP contribution in [0, 0.1) is 0 Å². The van der Waals surface area contributed by atoms with E-state index >= 15 is 0 Å². The second-order valence-electron chi connectivity index (χ2n) is 4.74. The van der Waals surface area contributed by atoms with Crippen LogP contribution in [-0.2, 0) is 17.1 Å². The van der Waals surface area contributed by atoms with E-state index in [2.05, 4.69) is 25.8 Å². The van der Waals surface area contributed by atoms with Crippen molar-refractivity contribution < 1.29 is 8.42 Å². The zero-order valence-electron chi connectivity index (χ0n) is 11.8. The Bertz CT molecular complexity index is 966. The molecule has 0 amide bonds. The Morgan fingerprint density at radius 3 is 2.70 bits per heavy atom. The normalized spacial score (nSPS) is 11.6. The second kappa shape index (κ2) is 6.27. The van der Waals surface area contributed by atoms with Gasteiger partial charge in [0.05, 0.1) is 8.81 Å². The molecule has 0 bridgehead atoms. The molecule has 0 radical (unpaired) electrons. The van der Waals surface area contributed by atoms with Gasteiger partial charge in [0.15, 0.2) is 0 Å². The van der Waals surface area contributed by atoms with Crippen LogP contribution in [0.2, 0.25) is 4.34 Å². The summed E-state index contributed by atoms with van der Waals surface area (Å²) < 4.78 is 30.4. The first kappa shape index (κ1) is 16.5. The summed E-state index contributed by atoms with van der Waals surface area (Å²) in [5.41, 5.74) is 2.01. The number of sulfonamides is 1. The van der Waals surface area contributed by atoms with Gasteiger partial charge in [0, 0.05) is 24.5 Å². The molecule has 2 heterocycles. The van der Waals surface area contributed by atoms with E-state index in [4.69, 9.17) is 11.6 Å². The van der Waals surface area contributed by atoms with Gasteiger partial charge in [0.2, 0.25) is 0 Å². The van der Waals surface area contributed by atoms with Crippen LogP contribution in [0.3, 0.4) is 0 Å². The largest absolute Gasteiger partial charge is 0.279 e. The van der Waals surface area contributed by atoms with Gasteiger partial charge in [-0.2, -0.15) is 5.10 Å². The monoisotopic (exact) mass is 431 g/mol. The number of nitrogens with one attached hydrogen (secondary N) is 1. The van der Waals surface area contributed by atoms with Crippen molar-refractivity contribution in [1.82, 2.24) is 9.78 Å². The van der Waals surface area contributed by atoms with Crippen molar-refractivity contribution in [3.8, 4) is 11.3 Å². The summed E-state index contributed by atoms with van der Waals surface area (Å²) >= 11 is 10.3. The molecule has 5 nitrogen and oxygen atoms in total. The maximum atomic E-state index is 12.3. The summed E-state index contributed by atoms with van der Waals surface area (Å²) in [6.45, 7) is 0. The van der Waals surface area contributed by atoms with Crippen molar-refractivity contribution >= 4 is 54.6 Å². The first-order valence-electron chi connectivity index (χ1n) is 6.43. The molecule has 1 N–H and O–H groups in total. The number of hydrogen-bond acceptors (Lipinski definition) is 4. The number of anilines is 1. The number of nitrogens with zero attached hydrogens (tertiary/aromatic N) is 2. The molecule has 0 saturated carbocycles. The first-order chi connectivity index (χ1) is 10.8. The molecule has 2 aromatic heterocycles. The fourth-order valence-electron chi connectivity index (χ4n) is 2.03. The van der Waals surface area contributed by atoms with E-state index in [1.807, 2.05) is 19.3 Å². The van der Waals surface area contributed by atoms with Crippen LogP contribution in [0.5, 0.6) is 0 Å². The fraction of sp³-hybridized carbons (Fsp3) is 0.0714. The Balaban J connectivity index is 1.93. The Kier molecular flexibility index (Phi) is 4.50. The minimum Gasteiger partial charge on any atom is -0.279 e. The maximum Gasteiger partial charge on any atom is 0.271 e. The minimum atomic E-state index is -3.65. The Labute approximate surface area is 151 Å². The standard InChI is InChI=1S/C14H11BrClN3O2S2/c1-19-8-11(15)14(17-19)9-3-2-4-10(7-9)18-23(20,21)13-6-5-12(16)22-13/h2-8,18H,1H3. The summed E-state index contributed by atoms with van der Waals surface area (Å²) in [4.78, 5) is 0. The van der Waals surface area contributed by atoms with Crippen LogP contribution in [0.1, 0.15) is 0 Å². The minimum absolute atomic E-state index is 0.173. The van der Waals surface area contributed by atoms with E-state index in [1.54, 1.807) is 28.9 Å². The molecular formula is C14H11BrClN3O2S2. The first-order valence-corrected chi connectivity index (χ1v) is 9.90. The van der Waals surface area contributed by atoms with Gasteiger partial charge < -0.3 is 0 Å². The predicted octanol–water partition coefficient (Wildman–Crippen LogP) is 4.37. The van der Waals surface area contributed by atoms with Crippen molar-refractivity contribution in [2.45, 2.75) is 4.21 Å². The zero-order chi connectivity index (χ0) is 16.6. The van der Waals surface area contributed by atoms with Gasteiger partial charge in [-0.05, 0) is 40.2 Å². The van der Waals surface area contributed by atoms with Gasteiger partial charge >= 0.3 is 0 Å². The summed E-state index contributed by atoms with van der Waals surface area (Å²) in [6.07, 6.45) is 1.83. The van der Waals surface area contributed by atoms with Crippen LogP contribution in [0.25, 0.3) is 11.3 Å². The van der Waals surface area contributed by atoms with Crippen molar-refractivity contribution in [3.05, 3.63) is 51.4 Å². The van der Waals surface area contributed by atoms with Crippen molar-refractivity contribution in [2.24, 2.45) is 7.05 Å². The molecule has 0 saturated heterocycles. The quantitative estimate of drug-likeness (QED) is 0.666. The molecule has 9 heteroatoms. The highest BCUT2D eigenvalue weighted by atomic mass is 79.9. The predicted molar refractivity (Wildman–Crippen MR) is 96.5 cm³/mol. The molecule has 0 fully saturated rings. The van der Waals surface area contributed by atoms with Crippen LogP contribution in [-0.4, -0.2) is 18.2 Å². The lowest BCUT2D eigenvalue weighted by Gasteiger charge is -2.07. The SMILES string of the molecule is Cn1cc(Br)c(-c2cccc(NS(=O)(=O)c3ccc(Cl)s3)c2)n1. The molecule has 0 atom stereocenters. The summed E-state index contributed by atoms with van der Waals surface area (Å²) in [5.74, 6) is 0. The molecule has 3 aromatic rings. The van der Waals surface area contributed by atoms with Gasteiger partial charge in [0.1, 0.15) is 9.90 Å². The van der Waals surface area contributed by atoms with Crippen molar-refractivity contribution in [1.29, 1.82) is 0 Å². The van der Waals surface area contributed by atoms with Crippen molar-refractivity contribution in [2.75, 3.05) is 4.72 Å². The van der Waals surface area contributed by atoms with Crippen LogP contribution < -0.4 is 4.72 Å². The lowest BCUT2D eigenvalue weighted by molar-refractivity contribution is 0.603. The van der Waals surface area contributed by atoms with E-state index in [-0.39, 0.29) is 4.21 Å². The molecular weight excluding hydrogens is 422 g/mol. The number of aromatic nitrogens is 2. The molecule has 23 heavy (non-hydrogen) atoms. The highest BCUT2D eigenvalue weighted by Gasteiger charge is 2.17. The highest BCUT2D eigenvalue weighted by molar-refractivity contribution is 9.10. The summed E-state index contributed by atoms with van der Waals surface area (Å²) in [7, 11) is -1.83. The molecule has 0 aliphatic rings. The van der Waals surface area contributed by atoms with E-state index in [1.165, 1.54) is 6.07 Å². The summed E-state index contributed by atoms with van der Waals surface area (Å²) in [5, 5.41) is 4.36. The molecule has 120 valence electrons. The third-order valence-electron chi connectivity index (χ3n) is 2.99. The number of benzene rings is 1. The van der Waals surface area contributed by atoms with Crippen LogP contribution in [0.4, 0.5) is 5.69 Å². The molecule has 3 rings (SSSR count). The van der Waals surface area contributed by atoms with Gasteiger partial charge in [0.25, 0.3) is 10.0 Å². The van der Waals surface area contributed by atoms with E-state index in [9.17, 15) is 8.42 Å². The van der Waals surface area contributed by atoms with Crippen molar-refractivity contribution in [3.63, 3.8) is 0 Å². The van der Waals surface area contributed by atoms with Gasteiger partial charge in [-0.25, -0.2) is 8.42 Å². The van der Waals surface area contributed by atoms with Crippen LogP contribution in [0.15, 0.2) is 51.3 Å². The molecule has 0 unspecified atom stereocenters. The maximum absolute atomic E-state index is 12.3. The molecule has 0 aliphatic carbocycles. The zero-order valence-corrected chi connectivity index (χ0v) is 15.8. The van der Waals surface area contributed by atoms with Gasteiger partial charge in [-0.15, -0.1) is 11.3 Å². The molecule has 0 spiro atoms. The number of halogens is 2. The summed E-state index contributed by atoms with van der Waals surface area (Å²) in [6, 6.07) is 10.1. The average molecular weight is 433 g/mol. The average Bonchev–Trinajstić information content (AvgIpc) is 3.05. The topological polar surface area (TPSA) is 64.0 Å². The number of hydrogen-bond donors (Lipinski definition) is 1. The van der Waals surface area contributed by atoms with E-state index < -0.39 is 10.0 Å². The van der Waals surface area contributed by atoms with E-state index in [0.29, 0.717) is 10.0 Å². The van der Waals surface area contributed by atoms with E-state index in [0.717, 1.165) is 27.1 Å². The number of rotatable bonds is 4. The van der Waals surface area contributed by atoms with Crippen LogP contribution >= 0.6 is 38.9 Å². The Morgan fingerprint density at radius 2 is 2.09 bits per heavy atom. The molecule has 1 aromatic carbocycles. The Hall–Kier alpha value is -1.35. The lowest BCUT2D eigenvalue weighted by Crippen LogP contribution is -2.11. The van der Waals surface area contributed by atoms with Gasteiger partial charge in [-0.1, -0.05) is 23.7 Å². The third-order valence-corrected chi connectivity index (χ3v) is 6.67. The second-order valence-corrected chi connectivity index (χ2v) is 9.22. The smallest absolute Gasteiger partial charge is 0.271 e. The lowest BCUT2D eigenvalue weighted by atomic mass is 10.1. The number of thiophene rings is 1. The fourth-order valence-corrected chi connectivity index (χ4v) is 5.17. The highest BCUT2D eigenvalue weighted by Crippen LogP contribution is 2.30. The van der Waals surface area contributed by atoms with Gasteiger partial charge in [-0.3, -0.25) is 9.40 Å².